The predicted octanol–water partition coefficient (Wildman–Crippen LogP) is 2.86. The lowest BCUT2D eigenvalue weighted by Crippen LogP contribution is -2.38. The number of ether oxygens (including phenoxy) is 1. The van der Waals surface area contributed by atoms with Crippen LogP contribution in [0.2, 0.25) is 0 Å². The zero-order valence-corrected chi connectivity index (χ0v) is 14.5. The van der Waals surface area contributed by atoms with Crippen LogP contribution in [0.15, 0.2) is 48.8 Å². The van der Waals surface area contributed by atoms with E-state index in [1.165, 1.54) is 12.1 Å². The first kappa shape index (κ1) is 16.8. The van der Waals surface area contributed by atoms with Gasteiger partial charge in [-0.1, -0.05) is 0 Å². The Hall–Kier alpha value is -2.64. The number of morpholine rings is 1. The highest BCUT2D eigenvalue weighted by Gasteiger charge is 2.25. The molecule has 0 saturated carbocycles. The lowest BCUT2D eigenvalue weighted by molar-refractivity contribution is 0.0178. The third-order valence-electron chi connectivity index (χ3n) is 4.61. The van der Waals surface area contributed by atoms with Crippen molar-refractivity contribution >= 4 is 0 Å². The molecule has 1 aromatic carbocycles. The fraction of sp³-hybridized carbons (Fsp3) is 0.316. The lowest BCUT2D eigenvalue weighted by atomic mass is 10.2. The van der Waals surface area contributed by atoms with Gasteiger partial charge in [-0.3, -0.25) is 9.88 Å². The molecule has 1 saturated heterocycles. The van der Waals surface area contributed by atoms with Gasteiger partial charge in [0.05, 0.1) is 24.9 Å². The van der Waals surface area contributed by atoms with E-state index in [0.717, 1.165) is 43.4 Å². The highest BCUT2D eigenvalue weighted by Crippen LogP contribution is 2.25. The Morgan fingerprint density at radius 2 is 1.73 bits per heavy atom. The van der Waals surface area contributed by atoms with E-state index in [1.54, 1.807) is 24.5 Å². The van der Waals surface area contributed by atoms with Gasteiger partial charge in [-0.05, 0) is 43.3 Å². The van der Waals surface area contributed by atoms with E-state index in [9.17, 15) is 4.39 Å². The molecular formula is C19H20FN5O. The van der Waals surface area contributed by atoms with Gasteiger partial charge in [0, 0.05) is 31.0 Å². The second-order valence-electron chi connectivity index (χ2n) is 6.24. The van der Waals surface area contributed by atoms with Crippen molar-refractivity contribution in [2.24, 2.45) is 0 Å². The van der Waals surface area contributed by atoms with Crippen molar-refractivity contribution in [2.75, 3.05) is 26.3 Å². The molecule has 0 unspecified atom stereocenters. The largest absolute Gasteiger partial charge is 0.379 e. The average molecular weight is 353 g/mol. The Kier molecular flexibility index (Phi) is 4.73. The Labute approximate surface area is 151 Å². The standard InChI is InChI=1S/C19H20FN5O/c1-14(24-10-12-26-13-11-24)19-22-18(15-2-4-16(20)5-3-15)23-25(19)17-6-8-21-9-7-17/h2-9,14H,10-13H2,1H3/t14-/m1/s1. The molecule has 0 radical (unpaired) electrons. The van der Waals surface area contributed by atoms with E-state index >= 15 is 0 Å². The molecule has 0 spiro atoms. The Morgan fingerprint density at radius 1 is 1.04 bits per heavy atom. The monoisotopic (exact) mass is 353 g/mol. The summed E-state index contributed by atoms with van der Waals surface area (Å²) in [5.74, 6) is 1.15. The summed E-state index contributed by atoms with van der Waals surface area (Å²) >= 11 is 0. The number of benzene rings is 1. The van der Waals surface area contributed by atoms with E-state index in [0.29, 0.717) is 5.82 Å². The summed E-state index contributed by atoms with van der Waals surface area (Å²) in [4.78, 5) is 11.2. The number of pyridine rings is 1. The fourth-order valence-corrected chi connectivity index (χ4v) is 3.12. The van der Waals surface area contributed by atoms with E-state index < -0.39 is 0 Å². The minimum Gasteiger partial charge on any atom is -0.379 e. The normalized spacial score (nSPS) is 16.5. The summed E-state index contributed by atoms with van der Waals surface area (Å²) < 4.78 is 20.6. The summed E-state index contributed by atoms with van der Waals surface area (Å²) in [5.41, 5.74) is 1.69. The average Bonchev–Trinajstić information content (AvgIpc) is 3.15. The van der Waals surface area contributed by atoms with Crippen LogP contribution in [0.3, 0.4) is 0 Å². The van der Waals surface area contributed by atoms with Crippen LogP contribution in [-0.4, -0.2) is 51.0 Å². The molecule has 4 rings (SSSR count). The van der Waals surface area contributed by atoms with Gasteiger partial charge in [-0.25, -0.2) is 14.1 Å². The molecule has 1 fully saturated rings. The molecular weight excluding hydrogens is 333 g/mol. The topological polar surface area (TPSA) is 56.1 Å². The van der Waals surface area contributed by atoms with Crippen molar-refractivity contribution in [1.29, 1.82) is 0 Å². The molecule has 0 aliphatic carbocycles. The third-order valence-corrected chi connectivity index (χ3v) is 4.61. The van der Waals surface area contributed by atoms with Crippen molar-refractivity contribution < 1.29 is 9.13 Å². The highest BCUT2D eigenvalue weighted by molar-refractivity contribution is 5.55. The van der Waals surface area contributed by atoms with Crippen molar-refractivity contribution in [3.8, 4) is 17.1 Å². The van der Waals surface area contributed by atoms with Gasteiger partial charge >= 0.3 is 0 Å². The molecule has 26 heavy (non-hydrogen) atoms. The van der Waals surface area contributed by atoms with Gasteiger partial charge < -0.3 is 4.74 Å². The second kappa shape index (κ2) is 7.31. The molecule has 0 amide bonds. The van der Waals surface area contributed by atoms with Crippen molar-refractivity contribution in [1.82, 2.24) is 24.6 Å². The second-order valence-corrected chi connectivity index (χ2v) is 6.24. The highest BCUT2D eigenvalue weighted by atomic mass is 19.1. The maximum atomic E-state index is 13.3. The SMILES string of the molecule is C[C@H](c1nc(-c2ccc(F)cc2)nn1-c1ccncc1)N1CCOCC1. The van der Waals surface area contributed by atoms with Gasteiger partial charge in [0.1, 0.15) is 11.6 Å². The minimum atomic E-state index is -0.274. The van der Waals surface area contributed by atoms with Crippen LogP contribution in [0.4, 0.5) is 4.39 Å². The van der Waals surface area contributed by atoms with Crippen LogP contribution >= 0.6 is 0 Å². The predicted molar refractivity (Wildman–Crippen MR) is 95.4 cm³/mol. The lowest BCUT2D eigenvalue weighted by Gasteiger charge is -2.31. The molecule has 7 heteroatoms. The maximum Gasteiger partial charge on any atom is 0.181 e. The summed E-state index contributed by atoms with van der Waals surface area (Å²) in [6, 6.07) is 10.1. The van der Waals surface area contributed by atoms with Crippen molar-refractivity contribution in [2.45, 2.75) is 13.0 Å². The molecule has 134 valence electrons. The van der Waals surface area contributed by atoms with Gasteiger partial charge in [0.15, 0.2) is 5.82 Å². The molecule has 1 atom stereocenters. The number of halogens is 1. The van der Waals surface area contributed by atoms with Gasteiger partial charge in [-0.15, -0.1) is 5.10 Å². The summed E-state index contributed by atoms with van der Waals surface area (Å²) in [6.45, 7) is 5.28. The number of hydrogen-bond donors (Lipinski definition) is 0. The number of nitrogens with zero attached hydrogens (tertiary/aromatic N) is 5. The molecule has 3 heterocycles. The number of rotatable bonds is 4. The number of aromatic nitrogens is 4. The van der Waals surface area contributed by atoms with Crippen LogP contribution in [0, 0.1) is 5.82 Å². The van der Waals surface area contributed by atoms with Crippen LogP contribution < -0.4 is 0 Å². The van der Waals surface area contributed by atoms with Gasteiger partial charge in [0.25, 0.3) is 0 Å². The summed E-state index contributed by atoms with van der Waals surface area (Å²) in [6.07, 6.45) is 3.47. The van der Waals surface area contributed by atoms with Crippen molar-refractivity contribution in [3.05, 3.63) is 60.4 Å². The summed E-state index contributed by atoms with van der Waals surface area (Å²) in [5, 5.41) is 4.69. The molecule has 1 aliphatic heterocycles. The number of hydrogen-bond acceptors (Lipinski definition) is 5. The first-order valence-corrected chi connectivity index (χ1v) is 8.67. The van der Waals surface area contributed by atoms with Crippen LogP contribution in [0.1, 0.15) is 18.8 Å². The molecule has 6 nitrogen and oxygen atoms in total. The summed E-state index contributed by atoms with van der Waals surface area (Å²) in [7, 11) is 0. The van der Waals surface area contributed by atoms with E-state index in [2.05, 4.69) is 16.8 Å². The zero-order valence-electron chi connectivity index (χ0n) is 14.5. The van der Waals surface area contributed by atoms with E-state index in [-0.39, 0.29) is 11.9 Å². The first-order chi connectivity index (χ1) is 12.7. The van der Waals surface area contributed by atoms with Gasteiger partial charge in [-0.2, -0.15) is 0 Å². The van der Waals surface area contributed by atoms with E-state index in [1.807, 2.05) is 16.8 Å². The zero-order chi connectivity index (χ0) is 17.9. The van der Waals surface area contributed by atoms with Gasteiger partial charge in [0.2, 0.25) is 0 Å². The molecule has 1 aliphatic rings. The molecule has 2 aromatic heterocycles. The maximum absolute atomic E-state index is 13.3. The molecule has 0 bridgehead atoms. The first-order valence-electron chi connectivity index (χ1n) is 8.67. The van der Waals surface area contributed by atoms with Crippen LogP contribution in [-0.2, 0) is 4.74 Å². The van der Waals surface area contributed by atoms with E-state index in [4.69, 9.17) is 14.8 Å². The fourth-order valence-electron chi connectivity index (χ4n) is 3.12. The minimum absolute atomic E-state index is 0.0776. The molecule has 3 aromatic rings. The quantitative estimate of drug-likeness (QED) is 0.722. The Morgan fingerprint density at radius 3 is 2.42 bits per heavy atom. The Balaban J connectivity index is 1.76. The van der Waals surface area contributed by atoms with Crippen LogP contribution in [0.25, 0.3) is 17.1 Å². The molecule has 0 N–H and O–H groups in total. The smallest absolute Gasteiger partial charge is 0.181 e. The third kappa shape index (κ3) is 3.36. The van der Waals surface area contributed by atoms with Crippen LogP contribution in [0.5, 0.6) is 0 Å². The van der Waals surface area contributed by atoms with Crippen molar-refractivity contribution in [3.63, 3.8) is 0 Å². The Bertz CT molecular complexity index is 859.